The molecule has 4 aliphatic rings. The number of rotatable bonds is 7. The number of pyridine rings is 1. The predicted octanol–water partition coefficient (Wildman–Crippen LogP) is 14.1. The average molecular weight is 1030 g/mol. The molecule has 0 N–H and O–H groups in total. The molecule has 324 valence electrons. The van der Waals surface area contributed by atoms with Crippen LogP contribution in [0.25, 0.3) is 61.1 Å². The fourth-order valence-corrected chi connectivity index (χ4v) is 10.5. The van der Waals surface area contributed by atoms with Crippen molar-refractivity contribution in [3.8, 4) is 45.3 Å². The minimum Gasteiger partial charge on any atom is -0.0579 e. The number of hydrogen-bond donors (Lipinski definition) is 0. The van der Waals surface area contributed by atoms with Crippen LogP contribution in [0.1, 0.15) is 74.2 Å². The van der Waals surface area contributed by atoms with Crippen LogP contribution in [0.15, 0.2) is 164 Å². The third kappa shape index (κ3) is 7.68. The van der Waals surface area contributed by atoms with Crippen LogP contribution in [0.3, 0.4) is 0 Å². The van der Waals surface area contributed by atoms with Gasteiger partial charge in [0.1, 0.15) is 0 Å². The molecule has 0 fully saturated rings. The second-order valence-corrected chi connectivity index (χ2v) is 19.8. The van der Waals surface area contributed by atoms with Crippen molar-refractivity contribution in [2.45, 2.75) is 71.6 Å². The van der Waals surface area contributed by atoms with E-state index in [2.05, 4.69) is 226 Å². The number of imidazole rings is 1. The van der Waals surface area contributed by atoms with Crippen LogP contribution in [0.2, 0.25) is 0 Å². The Morgan fingerprint density at radius 2 is 1.34 bits per heavy atom. The summed E-state index contributed by atoms with van der Waals surface area (Å²) in [5.41, 5.74) is 15.7. The van der Waals surface area contributed by atoms with E-state index in [4.69, 9.17) is 14.7 Å². The van der Waals surface area contributed by atoms with Crippen molar-refractivity contribution in [2.75, 3.05) is 0 Å². The van der Waals surface area contributed by atoms with E-state index in [0.717, 1.165) is 80.3 Å². The summed E-state index contributed by atoms with van der Waals surface area (Å²) in [6, 6.07) is 52.7. The van der Waals surface area contributed by atoms with E-state index >= 15 is 0 Å². The van der Waals surface area contributed by atoms with E-state index in [1.54, 1.807) is 0 Å². The molecule has 0 atom stereocenters. The van der Waals surface area contributed by atoms with Crippen LogP contribution < -0.4 is 4.74 Å². The summed E-state index contributed by atoms with van der Waals surface area (Å²) in [5.74, 6) is 3.76. The molecule has 14 rings (SSSR count). The summed E-state index contributed by atoms with van der Waals surface area (Å²) < 4.78 is 14.8. The van der Waals surface area contributed by atoms with Gasteiger partial charge in [-0.1, -0.05) is 95.3 Å². The molecule has 0 amide bonds. The molecule has 6 nitrogen and oxygen atoms in total. The maximum atomic E-state index is 6.82. The van der Waals surface area contributed by atoms with Crippen LogP contribution in [0, 0.1) is 3.80 Å². The van der Waals surface area contributed by atoms with Crippen molar-refractivity contribution in [1.82, 2.24) is 23.5 Å². The van der Waals surface area contributed by atoms with E-state index in [0.29, 0.717) is 0 Å². The summed E-state index contributed by atoms with van der Waals surface area (Å²) in [6.07, 6.45) is 10.1. The van der Waals surface area contributed by atoms with Gasteiger partial charge < -0.3 is 0 Å². The van der Waals surface area contributed by atoms with E-state index in [1.165, 1.54) is 55.4 Å². The number of aromatic nitrogens is 5. The molecule has 4 aliphatic heterocycles. The maximum absolute atomic E-state index is 6.82. The number of hydrogen-bond acceptors (Lipinski definition) is 3. The molecule has 4 aromatic heterocycles. The first kappa shape index (κ1) is 41.1. The van der Waals surface area contributed by atoms with Crippen molar-refractivity contribution in [3.05, 3.63) is 202 Å². The van der Waals surface area contributed by atoms with Crippen molar-refractivity contribution in [3.63, 3.8) is 0 Å². The molecular formula is C58H51N5OPt. The first-order valence-electron chi connectivity index (χ1n) is 22.7. The number of ether oxygens (including phenoxy) is 1. The van der Waals surface area contributed by atoms with Gasteiger partial charge in [-0.25, -0.2) is 0 Å². The monoisotopic (exact) mass is 1030 g/mol. The van der Waals surface area contributed by atoms with Crippen molar-refractivity contribution >= 4 is 27.3 Å². The second-order valence-electron chi connectivity index (χ2n) is 18.8. The molecule has 0 saturated carbocycles. The SMILES string of the molecule is CC(C)c1cc(-n2c3ccc(-c4ccccc4)cc3c3ccc(Oc4cccc(-n5cc6c7cnc(n6[c]5=[Pt])CCc5ccc(cc5)CC7)c4)cc32)ncc1-c1ccc(C(C)(C)C)cc1. The Bertz CT molecular complexity index is 3480. The van der Waals surface area contributed by atoms with Gasteiger partial charge in [-0.05, 0) is 39.2 Å². The molecule has 0 saturated heterocycles. The molecule has 0 aliphatic carbocycles. The normalized spacial score (nSPS) is 13.0. The van der Waals surface area contributed by atoms with Gasteiger partial charge in [-0.2, -0.15) is 0 Å². The Balaban J connectivity index is 0.995. The molecule has 10 aromatic rings. The fourth-order valence-electron chi connectivity index (χ4n) is 9.52. The number of aryl methyl sites for hydroxylation is 4. The molecule has 7 heteroatoms. The second kappa shape index (κ2) is 16.4. The smallest absolute Gasteiger partial charge is 0.0579 e. The van der Waals surface area contributed by atoms with Gasteiger partial charge in [-0.3, -0.25) is 0 Å². The van der Waals surface area contributed by atoms with Gasteiger partial charge >= 0.3 is 247 Å². The topological polar surface area (TPSA) is 49.3 Å². The minimum absolute atomic E-state index is 0.0879. The minimum atomic E-state index is 0.0879. The van der Waals surface area contributed by atoms with E-state index in [-0.39, 0.29) is 11.3 Å². The zero-order chi connectivity index (χ0) is 44.4. The number of nitrogens with zero attached hydrogens (tertiary/aromatic N) is 5. The van der Waals surface area contributed by atoms with Crippen LogP contribution >= 0.6 is 0 Å². The third-order valence-electron chi connectivity index (χ3n) is 13.2. The van der Waals surface area contributed by atoms with Crippen molar-refractivity contribution in [1.29, 1.82) is 0 Å². The molecule has 0 radical (unpaired) electrons. The summed E-state index contributed by atoms with van der Waals surface area (Å²) in [4.78, 5) is 10.3. The molecule has 0 spiro atoms. The number of fused-ring (bicyclic) bond motifs is 3. The van der Waals surface area contributed by atoms with Crippen molar-refractivity contribution < 1.29 is 24.1 Å². The van der Waals surface area contributed by atoms with Crippen molar-refractivity contribution in [2.24, 2.45) is 0 Å². The zero-order valence-electron chi connectivity index (χ0n) is 37.5. The molecule has 4 bridgehead atoms. The van der Waals surface area contributed by atoms with Gasteiger partial charge in [0.15, 0.2) is 0 Å². The van der Waals surface area contributed by atoms with E-state index in [9.17, 15) is 0 Å². The molecule has 6 aromatic carbocycles. The summed E-state index contributed by atoms with van der Waals surface area (Å²) in [7, 11) is 0. The predicted molar refractivity (Wildman–Crippen MR) is 261 cm³/mol. The molecular weight excluding hydrogens is 978 g/mol. The fraction of sp³-hybridized carbons (Fsp3) is 0.190. The Hall–Kier alpha value is -6.62. The standard InChI is InChI=1S/C58H51N5O.Pt/c1-38(2)50-33-57(60-35-52(50)42-21-24-45(25-22-42)58(3,4)5)63-53-28-23-43(41-10-7-6-8-11-41)30-51(53)49-27-26-48(32-54(49)63)64-47-13-9-12-46(31-47)61-36-55-44-20-18-39-14-16-40(17-15-39)19-29-56(59-34-44)62(55)37-61;/h6-17,21-28,30-36,38H,18-20,29H2,1-5H3;. The average Bonchev–Trinajstić information content (AvgIpc) is 3.84. The molecule has 0 unspecified atom stereocenters. The summed E-state index contributed by atoms with van der Waals surface area (Å²) in [6.45, 7) is 11.3. The van der Waals surface area contributed by atoms with Crippen LogP contribution in [0.4, 0.5) is 0 Å². The van der Waals surface area contributed by atoms with Gasteiger partial charge in [0.25, 0.3) is 0 Å². The molecule has 65 heavy (non-hydrogen) atoms. The van der Waals surface area contributed by atoms with Gasteiger partial charge in [-0.15, -0.1) is 0 Å². The first-order chi connectivity index (χ1) is 31.6. The van der Waals surface area contributed by atoms with E-state index in [1.807, 2.05) is 6.07 Å². The molecule has 8 heterocycles. The van der Waals surface area contributed by atoms with Gasteiger partial charge in [0.2, 0.25) is 0 Å². The van der Waals surface area contributed by atoms with Crippen LogP contribution in [-0.4, -0.2) is 23.5 Å². The van der Waals surface area contributed by atoms with E-state index < -0.39 is 0 Å². The number of benzene rings is 6. The quantitative estimate of drug-likeness (QED) is 0.160. The Morgan fingerprint density at radius 1 is 0.600 bits per heavy atom. The zero-order valence-corrected chi connectivity index (χ0v) is 39.7. The third-order valence-corrected chi connectivity index (χ3v) is 14.2. The van der Waals surface area contributed by atoms with Gasteiger partial charge in [0.05, 0.1) is 0 Å². The Morgan fingerprint density at radius 3 is 2.09 bits per heavy atom. The van der Waals surface area contributed by atoms with Crippen LogP contribution in [-0.2, 0) is 50.5 Å². The van der Waals surface area contributed by atoms with Gasteiger partial charge in [0, 0.05) is 11.8 Å². The summed E-state index contributed by atoms with van der Waals surface area (Å²) >= 11 is 2.46. The first-order valence-corrected chi connectivity index (χ1v) is 23.9. The summed E-state index contributed by atoms with van der Waals surface area (Å²) in [5, 5.41) is 2.31. The Kier molecular flexibility index (Phi) is 10.4. The van der Waals surface area contributed by atoms with Crippen LogP contribution in [0.5, 0.6) is 11.5 Å². The Labute approximate surface area is 391 Å².